The molecule has 0 aliphatic carbocycles. The summed E-state index contributed by atoms with van der Waals surface area (Å²) in [5, 5.41) is 3.37. The van der Waals surface area contributed by atoms with Gasteiger partial charge in [-0.05, 0) is 30.2 Å². The van der Waals surface area contributed by atoms with E-state index >= 15 is 0 Å². The second kappa shape index (κ2) is 5.60. The number of benzene rings is 2. The van der Waals surface area contributed by atoms with E-state index in [-0.39, 0.29) is 11.8 Å². The molecule has 0 spiro atoms. The predicted molar refractivity (Wildman–Crippen MR) is 86.5 cm³/mol. The fourth-order valence-electron chi connectivity index (χ4n) is 2.71. The molecule has 1 aliphatic rings. The maximum Gasteiger partial charge on any atom is 0.231 e. The van der Waals surface area contributed by atoms with E-state index in [9.17, 15) is 4.79 Å². The molecule has 0 bridgehead atoms. The van der Waals surface area contributed by atoms with Crippen LogP contribution in [0.1, 0.15) is 18.1 Å². The summed E-state index contributed by atoms with van der Waals surface area (Å²) in [5.74, 6) is 0.150. The Balaban J connectivity index is 2.01. The van der Waals surface area contributed by atoms with Gasteiger partial charge in [0.1, 0.15) is 0 Å². The lowest BCUT2D eigenvalue weighted by atomic mass is 10.1. The lowest BCUT2D eigenvalue weighted by Gasteiger charge is -2.25. The number of para-hydroxylation sites is 2. The number of nitrogens with zero attached hydrogens (tertiary/aromatic N) is 1. The Hall–Kier alpha value is -2.29. The highest BCUT2D eigenvalue weighted by atomic mass is 16.2. The maximum atomic E-state index is 12.7. The molecule has 2 aromatic carbocycles. The number of rotatable bonds is 2. The second-order valence-electron chi connectivity index (χ2n) is 5.65. The normalized spacial score (nSPS) is 17.9. The smallest absolute Gasteiger partial charge is 0.231 e. The molecule has 3 rings (SSSR count). The highest BCUT2D eigenvalue weighted by molar-refractivity contribution is 5.99. The molecule has 3 heteroatoms. The van der Waals surface area contributed by atoms with Crippen molar-refractivity contribution in [1.82, 2.24) is 0 Å². The Kier molecular flexibility index (Phi) is 3.65. The predicted octanol–water partition coefficient (Wildman–Crippen LogP) is 3.59. The first kappa shape index (κ1) is 13.7. The van der Waals surface area contributed by atoms with Crippen molar-refractivity contribution in [2.75, 3.05) is 16.8 Å². The van der Waals surface area contributed by atoms with Gasteiger partial charge in [-0.25, -0.2) is 0 Å². The van der Waals surface area contributed by atoms with Crippen LogP contribution in [0.2, 0.25) is 0 Å². The maximum absolute atomic E-state index is 12.7. The summed E-state index contributed by atoms with van der Waals surface area (Å²) in [6.07, 6.45) is 0. The standard InChI is InChI=1S/C18H20N2O/c1-13-7-3-4-8-15(13)12-20-17-10-6-5-9-16(17)19-11-14(2)18(20)21/h3-10,14,19H,11-12H2,1-2H3. The van der Waals surface area contributed by atoms with E-state index in [1.165, 1.54) is 11.1 Å². The molecule has 1 heterocycles. The van der Waals surface area contributed by atoms with Crippen molar-refractivity contribution in [2.24, 2.45) is 5.92 Å². The second-order valence-corrected chi connectivity index (χ2v) is 5.65. The minimum atomic E-state index is -0.0265. The Bertz CT molecular complexity index is 666. The molecular weight excluding hydrogens is 260 g/mol. The Morgan fingerprint density at radius 1 is 1.14 bits per heavy atom. The third-order valence-electron chi connectivity index (χ3n) is 4.07. The summed E-state index contributed by atoms with van der Waals surface area (Å²) in [4.78, 5) is 14.6. The van der Waals surface area contributed by atoms with Crippen molar-refractivity contribution in [1.29, 1.82) is 0 Å². The third-order valence-corrected chi connectivity index (χ3v) is 4.07. The average Bonchev–Trinajstić information content (AvgIpc) is 2.62. The molecule has 1 amide bonds. The number of carbonyl (C=O) groups excluding carboxylic acids is 1. The van der Waals surface area contributed by atoms with Crippen molar-refractivity contribution < 1.29 is 4.79 Å². The number of anilines is 2. The Morgan fingerprint density at radius 3 is 2.67 bits per heavy atom. The molecule has 0 fully saturated rings. The van der Waals surface area contributed by atoms with Gasteiger partial charge in [0.25, 0.3) is 0 Å². The largest absolute Gasteiger partial charge is 0.383 e. The zero-order chi connectivity index (χ0) is 14.8. The summed E-state index contributed by atoms with van der Waals surface area (Å²) in [7, 11) is 0. The van der Waals surface area contributed by atoms with Gasteiger partial charge in [0.05, 0.1) is 23.8 Å². The molecular formula is C18H20N2O. The number of fused-ring (bicyclic) bond motifs is 1. The molecule has 0 saturated heterocycles. The SMILES string of the molecule is Cc1ccccc1CN1C(=O)C(C)CNc2ccccc21. The number of hydrogen-bond acceptors (Lipinski definition) is 2. The molecule has 1 N–H and O–H groups in total. The van der Waals surface area contributed by atoms with Gasteiger partial charge in [-0.1, -0.05) is 43.3 Å². The van der Waals surface area contributed by atoms with Gasteiger partial charge in [-0.2, -0.15) is 0 Å². The summed E-state index contributed by atoms with van der Waals surface area (Å²) >= 11 is 0. The molecule has 3 nitrogen and oxygen atoms in total. The van der Waals surface area contributed by atoms with Crippen LogP contribution in [-0.2, 0) is 11.3 Å². The molecule has 1 aliphatic heterocycles. The highest BCUT2D eigenvalue weighted by Gasteiger charge is 2.27. The third kappa shape index (κ3) is 2.64. The van der Waals surface area contributed by atoms with E-state index in [0.717, 1.165) is 11.4 Å². The van der Waals surface area contributed by atoms with Crippen LogP contribution in [0.5, 0.6) is 0 Å². The van der Waals surface area contributed by atoms with Crippen LogP contribution in [0.4, 0.5) is 11.4 Å². The van der Waals surface area contributed by atoms with E-state index in [1.54, 1.807) is 0 Å². The Labute approximate surface area is 125 Å². The zero-order valence-corrected chi connectivity index (χ0v) is 12.5. The lowest BCUT2D eigenvalue weighted by molar-refractivity contribution is -0.121. The van der Waals surface area contributed by atoms with E-state index in [0.29, 0.717) is 13.1 Å². The van der Waals surface area contributed by atoms with Gasteiger partial charge in [-0.3, -0.25) is 4.79 Å². The average molecular weight is 280 g/mol. The Morgan fingerprint density at radius 2 is 1.86 bits per heavy atom. The summed E-state index contributed by atoms with van der Waals surface area (Å²) in [6, 6.07) is 16.3. The minimum Gasteiger partial charge on any atom is -0.383 e. The van der Waals surface area contributed by atoms with Crippen molar-refractivity contribution in [2.45, 2.75) is 20.4 Å². The van der Waals surface area contributed by atoms with Crippen molar-refractivity contribution >= 4 is 17.3 Å². The molecule has 1 atom stereocenters. The van der Waals surface area contributed by atoms with Gasteiger partial charge >= 0.3 is 0 Å². The number of amides is 1. The molecule has 21 heavy (non-hydrogen) atoms. The van der Waals surface area contributed by atoms with Crippen molar-refractivity contribution in [3.63, 3.8) is 0 Å². The summed E-state index contributed by atoms with van der Waals surface area (Å²) in [5.41, 5.74) is 4.40. The lowest BCUT2D eigenvalue weighted by Crippen LogP contribution is -2.35. The number of aryl methyl sites for hydroxylation is 1. The number of carbonyl (C=O) groups is 1. The monoisotopic (exact) mass is 280 g/mol. The number of hydrogen-bond donors (Lipinski definition) is 1. The molecule has 1 unspecified atom stereocenters. The number of nitrogens with one attached hydrogen (secondary N) is 1. The fraction of sp³-hybridized carbons (Fsp3) is 0.278. The summed E-state index contributed by atoms with van der Waals surface area (Å²) < 4.78 is 0. The van der Waals surface area contributed by atoms with Crippen LogP contribution >= 0.6 is 0 Å². The van der Waals surface area contributed by atoms with Gasteiger partial charge in [0, 0.05) is 6.54 Å². The van der Waals surface area contributed by atoms with Crippen molar-refractivity contribution in [3.05, 3.63) is 59.7 Å². The molecule has 0 radical (unpaired) electrons. The molecule has 108 valence electrons. The van der Waals surface area contributed by atoms with Crippen LogP contribution in [0.15, 0.2) is 48.5 Å². The van der Waals surface area contributed by atoms with Crippen molar-refractivity contribution in [3.8, 4) is 0 Å². The molecule has 0 saturated carbocycles. The van der Waals surface area contributed by atoms with Gasteiger partial charge < -0.3 is 10.2 Å². The fourth-order valence-corrected chi connectivity index (χ4v) is 2.71. The first-order chi connectivity index (χ1) is 10.2. The van der Waals surface area contributed by atoms with E-state index < -0.39 is 0 Å². The van der Waals surface area contributed by atoms with Crippen LogP contribution in [0.3, 0.4) is 0 Å². The van der Waals surface area contributed by atoms with Crippen LogP contribution in [0, 0.1) is 12.8 Å². The zero-order valence-electron chi connectivity index (χ0n) is 12.5. The van der Waals surface area contributed by atoms with Gasteiger partial charge in [-0.15, -0.1) is 0 Å². The first-order valence-corrected chi connectivity index (χ1v) is 7.35. The van der Waals surface area contributed by atoms with E-state index in [2.05, 4.69) is 24.4 Å². The van der Waals surface area contributed by atoms with E-state index in [4.69, 9.17) is 0 Å². The summed E-state index contributed by atoms with van der Waals surface area (Å²) in [6.45, 7) is 5.37. The van der Waals surface area contributed by atoms with Gasteiger partial charge in [0.15, 0.2) is 0 Å². The van der Waals surface area contributed by atoms with E-state index in [1.807, 2.05) is 48.2 Å². The van der Waals surface area contributed by atoms with Crippen LogP contribution < -0.4 is 10.2 Å². The van der Waals surface area contributed by atoms with Gasteiger partial charge in [0.2, 0.25) is 5.91 Å². The van der Waals surface area contributed by atoms with Crippen LogP contribution in [0.25, 0.3) is 0 Å². The molecule has 0 aromatic heterocycles. The molecule has 2 aromatic rings. The topological polar surface area (TPSA) is 32.3 Å². The minimum absolute atomic E-state index is 0.0265. The van der Waals surface area contributed by atoms with Crippen LogP contribution in [-0.4, -0.2) is 12.5 Å². The first-order valence-electron chi connectivity index (χ1n) is 7.35. The quantitative estimate of drug-likeness (QED) is 0.911. The highest BCUT2D eigenvalue weighted by Crippen LogP contribution is 2.31.